The van der Waals surface area contributed by atoms with Crippen LogP contribution in [-0.4, -0.2) is 21.5 Å². The number of aromatic amines is 1. The van der Waals surface area contributed by atoms with Crippen LogP contribution in [0.15, 0.2) is 42.6 Å². The Bertz CT molecular complexity index is 1290. The molecule has 0 radical (unpaired) electrons. The first kappa shape index (κ1) is 18.9. The highest BCUT2D eigenvalue weighted by atomic mass is 35.5. The number of aryl methyl sites for hydroxylation is 1. The standard InChI is InChI=1S/C22H16ClF3N4/c1-11-5-7-27-22(28-11)30-8-6-12-14-9-15(23)17(25)10-18(14)29-20(12)21(30)13-3-2-4-16(24)19(13)26/h2-5,7,9-10,21,29H,6,8H2,1H3. The molecule has 1 N–H and O–H groups in total. The smallest absolute Gasteiger partial charge is 0.226 e. The summed E-state index contributed by atoms with van der Waals surface area (Å²) in [5, 5.41) is 0.783. The van der Waals surface area contributed by atoms with E-state index in [1.165, 1.54) is 12.1 Å². The molecule has 2 aromatic carbocycles. The zero-order chi connectivity index (χ0) is 21.0. The van der Waals surface area contributed by atoms with Crippen LogP contribution in [0.1, 0.15) is 28.6 Å². The summed E-state index contributed by atoms with van der Waals surface area (Å²) in [5.41, 5.74) is 3.00. The van der Waals surface area contributed by atoms with Crippen LogP contribution < -0.4 is 4.90 Å². The third kappa shape index (κ3) is 2.92. The Labute approximate surface area is 175 Å². The van der Waals surface area contributed by atoms with Gasteiger partial charge in [0.1, 0.15) is 11.9 Å². The Morgan fingerprint density at radius 2 is 1.97 bits per heavy atom. The summed E-state index contributed by atoms with van der Waals surface area (Å²) in [7, 11) is 0. The summed E-state index contributed by atoms with van der Waals surface area (Å²) >= 11 is 6.00. The summed E-state index contributed by atoms with van der Waals surface area (Å²) in [6.45, 7) is 2.31. The molecular weight excluding hydrogens is 413 g/mol. The van der Waals surface area contributed by atoms with Crippen LogP contribution >= 0.6 is 11.6 Å². The molecule has 1 aliphatic rings. The zero-order valence-electron chi connectivity index (χ0n) is 15.9. The number of benzene rings is 2. The highest BCUT2D eigenvalue weighted by Crippen LogP contribution is 2.41. The number of anilines is 1. The normalized spacial score (nSPS) is 16.2. The van der Waals surface area contributed by atoms with Gasteiger partial charge < -0.3 is 9.88 Å². The molecule has 0 spiro atoms. The second-order valence-corrected chi connectivity index (χ2v) is 7.72. The Morgan fingerprint density at radius 3 is 2.77 bits per heavy atom. The number of rotatable bonds is 2. The Hall–Kier alpha value is -3.06. The van der Waals surface area contributed by atoms with Crippen molar-refractivity contribution in [2.24, 2.45) is 0 Å². The van der Waals surface area contributed by atoms with Crippen LogP contribution in [0.5, 0.6) is 0 Å². The van der Waals surface area contributed by atoms with E-state index >= 15 is 0 Å². The maximum absolute atomic E-state index is 14.9. The van der Waals surface area contributed by atoms with Crippen molar-refractivity contribution in [2.75, 3.05) is 11.4 Å². The summed E-state index contributed by atoms with van der Waals surface area (Å²) < 4.78 is 43.1. The van der Waals surface area contributed by atoms with Crippen LogP contribution in [0, 0.1) is 24.4 Å². The fraction of sp³-hybridized carbons (Fsp3) is 0.182. The fourth-order valence-electron chi connectivity index (χ4n) is 4.13. The third-order valence-electron chi connectivity index (χ3n) is 5.48. The van der Waals surface area contributed by atoms with Crippen molar-refractivity contribution in [3.63, 3.8) is 0 Å². The number of hydrogen-bond donors (Lipinski definition) is 1. The Kier molecular flexibility index (Phi) is 4.43. The van der Waals surface area contributed by atoms with Gasteiger partial charge in [0.05, 0.1) is 5.02 Å². The molecular formula is C22H16ClF3N4. The Morgan fingerprint density at radius 1 is 1.13 bits per heavy atom. The molecule has 4 nitrogen and oxygen atoms in total. The summed E-state index contributed by atoms with van der Waals surface area (Å²) in [6.07, 6.45) is 2.22. The van der Waals surface area contributed by atoms with Gasteiger partial charge in [0.15, 0.2) is 11.6 Å². The highest BCUT2D eigenvalue weighted by Gasteiger charge is 2.35. The number of H-pyrrole nitrogens is 1. The van der Waals surface area contributed by atoms with Crippen molar-refractivity contribution >= 4 is 28.5 Å². The largest absolute Gasteiger partial charge is 0.356 e. The lowest BCUT2D eigenvalue weighted by molar-refractivity contribution is 0.485. The molecule has 0 saturated heterocycles. The minimum atomic E-state index is -0.935. The van der Waals surface area contributed by atoms with Crippen molar-refractivity contribution in [1.29, 1.82) is 0 Å². The zero-order valence-corrected chi connectivity index (χ0v) is 16.6. The van der Waals surface area contributed by atoms with Gasteiger partial charge >= 0.3 is 0 Å². The second kappa shape index (κ2) is 7.02. The number of fused-ring (bicyclic) bond motifs is 3. The van der Waals surface area contributed by atoms with E-state index in [0.717, 1.165) is 22.7 Å². The summed E-state index contributed by atoms with van der Waals surface area (Å²) in [5.74, 6) is -2.00. The molecule has 5 rings (SSSR count). The molecule has 30 heavy (non-hydrogen) atoms. The van der Waals surface area contributed by atoms with Gasteiger partial charge in [0.2, 0.25) is 5.95 Å². The summed E-state index contributed by atoms with van der Waals surface area (Å²) in [4.78, 5) is 13.9. The monoisotopic (exact) mass is 428 g/mol. The molecule has 0 bridgehead atoms. The molecule has 4 aromatic rings. The van der Waals surface area contributed by atoms with E-state index in [-0.39, 0.29) is 10.6 Å². The lowest BCUT2D eigenvalue weighted by Gasteiger charge is -2.36. The fourth-order valence-corrected chi connectivity index (χ4v) is 4.29. The first-order valence-corrected chi connectivity index (χ1v) is 9.81. The van der Waals surface area contributed by atoms with Gasteiger partial charge in [-0.3, -0.25) is 0 Å². The molecule has 2 aromatic heterocycles. The van der Waals surface area contributed by atoms with Crippen LogP contribution in [0.2, 0.25) is 5.02 Å². The highest BCUT2D eigenvalue weighted by molar-refractivity contribution is 6.31. The van der Waals surface area contributed by atoms with E-state index in [1.54, 1.807) is 24.4 Å². The van der Waals surface area contributed by atoms with Gasteiger partial charge in [0.25, 0.3) is 0 Å². The summed E-state index contributed by atoms with van der Waals surface area (Å²) in [6, 6.07) is 8.04. The van der Waals surface area contributed by atoms with Crippen LogP contribution in [0.25, 0.3) is 10.9 Å². The van der Waals surface area contributed by atoms with Crippen LogP contribution in [0.4, 0.5) is 19.1 Å². The molecule has 0 saturated carbocycles. The van der Waals surface area contributed by atoms with Crippen molar-refractivity contribution < 1.29 is 13.2 Å². The second-order valence-electron chi connectivity index (χ2n) is 7.32. The quantitative estimate of drug-likeness (QED) is 0.459. The maximum Gasteiger partial charge on any atom is 0.226 e. The van der Waals surface area contributed by atoms with E-state index in [1.807, 2.05) is 11.8 Å². The van der Waals surface area contributed by atoms with Gasteiger partial charge in [-0.05, 0) is 43.2 Å². The van der Waals surface area contributed by atoms with Crippen molar-refractivity contribution in [1.82, 2.24) is 15.0 Å². The predicted molar refractivity (Wildman–Crippen MR) is 109 cm³/mol. The van der Waals surface area contributed by atoms with Gasteiger partial charge in [-0.25, -0.2) is 23.1 Å². The number of aromatic nitrogens is 3. The van der Waals surface area contributed by atoms with Gasteiger partial charge in [0, 0.05) is 40.6 Å². The lowest BCUT2D eigenvalue weighted by atomic mass is 9.92. The maximum atomic E-state index is 14.9. The molecule has 152 valence electrons. The van der Waals surface area contributed by atoms with Crippen molar-refractivity contribution in [3.8, 4) is 0 Å². The van der Waals surface area contributed by atoms with Crippen molar-refractivity contribution in [3.05, 3.63) is 87.6 Å². The molecule has 3 heterocycles. The molecule has 0 amide bonds. The van der Waals surface area contributed by atoms with Gasteiger partial charge in [-0.1, -0.05) is 23.7 Å². The van der Waals surface area contributed by atoms with E-state index in [2.05, 4.69) is 15.0 Å². The average Bonchev–Trinajstić information content (AvgIpc) is 3.07. The predicted octanol–water partition coefficient (Wildman–Crippen LogP) is 5.49. The lowest BCUT2D eigenvalue weighted by Crippen LogP contribution is -2.38. The SMILES string of the molecule is Cc1ccnc(N2CCc3c([nH]c4cc(F)c(Cl)cc34)C2c2cccc(F)c2F)n1. The molecule has 0 fully saturated rings. The Balaban J connectivity index is 1.77. The van der Waals surface area contributed by atoms with E-state index in [9.17, 15) is 13.2 Å². The third-order valence-corrected chi connectivity index (χ3v) is 5.77. The molecule has 8 heteroatoms. The van der Waals surface area contributed by atoms with Crippen LogP contribution in [-0.2, 0) is 6.42 Å². The first-order chi connectivity index (χ1) is 14.4. The molecule has 0 aliphatic carbocycles. The average molecular weight is 429 g/mol. The molecule has 1 unspecified atom stereocenters. The molecule has 1 atom stereocenters. The number of halogens is 4. The van der Waals surface area contributed by atoms with Gasteiger partial charge in [-0.2, -0.15) is 0 Å². The van der Waals surface area contributed by atoms with Gasteiger partial charge in [-0.15, -0.1) is 0 Å². The topological polar surface area (TPSA) is 44.8 Å². The first-order valence-electron chi connectivity index (χ1n) is 9.43. The number of nitrogens with zero attached hydrogens (tertiary/aromatic N) is 3. The number of nitrogens with one attached hydrogen (secondary N) is 1. The van der Waals surface area contributed by atoms with Crippen molar-refractivity contribution in [2.45, 2.75) is 19.4 Å². The van der Waals surface area contributed by atoms with E-state index in [4.69, 9.17) is 11.6 Å². The minimum Gasteiger partial charge on any atom is -0.356 e. The van der Waals surface area contributed by atoms with E-state index in [0.29, 0.717) is 30.1 Å². The molecule has 1 aliphatic heterocycles. The number of hydrogen-bond acceptors (Lipinski definition) is 3. The van der Waals surface area contributed by atoms with Crippen LogP contribution in [0.3, 0.4) is 0 Å². The van der Waals surface area contributed by atoms with E-state index < -0.39 is 23.5 Å². The minimum absolute atomic E-state index is 0.0160.